The second-order valence-corrected chi connectivity index (χ2v) is 4.52. The smallest absolute Gasteiger partial charge is 0.104 e. The van der Waals surface area contributed by atoms with E-state index in [2.05, 4.69) is 26.2 Å². The lowest BCUT2D eigenvalue weighted by molar-refractivity contribution is -0.903. The van der Waals surface area contributed by atoms with Gasteiger partial charge in [-0.1, -0.05) is 30.3 Å². The van der Waals surface area contributed by atoms with Crippen molar-refractivity contribution >= 4 is 5.97 Å². The summed E-state index contributed by atoms with van der Waals surface area (Å²) in [5.41, 5.74) is 1.32. The third-order valence-electron chi connectivity index (χ3n) is 2.16. The summed E-state index contributed by atoms with van der Waals surface area (Å²) in [5, 5.41) is 17.8. The van der Waals surface area contributed by atoms with E-state index in [1.54, 1.807) is 0 Å². The van der Waals surface area contributed by atoms with Gasteiger partial charge < -0.3 is 19.5 Å². The van der Waals surface area contributed by atoms with Crippen molar-refractivity contribution in [2.45, 2.75) is 13.5 Å². The topological polar surface area (TPSA) is 60.4 Å². The van der Waals surface area contributed by atoms with Crippen molar-refractivity contribution in [2.75, 3.05) is 27.2 Å². The monoisotopic (exact) mass is 239 g/mol. The summed E-state index contributed by atoms with van der Waals surface area (Å²) in [6, 6.07) is 10.4. The third kappa shape index (κ3) is 9.53. The molecule has 0 heterocycles. The molecule has 1 aromatic rings. The van der Waals surface area contributed by atoms with Crippen LogP contribution in [0, 0.1) is 0 Å². The number of nitrogens with zero attached hydrogens (tertiary/aromatic N) is 1. The number of carboxylic acids is 1. The molecule has 0 aromatic heterocycles. The van der Waals surface area contributed by atoms with Crippen LogP contribution in [0.2, 0.25) is 0 Å². The molecule has 17 heavy (non-hydrogen) atoms. The van der Waals surface area contributed by atoms with Crippen LogP contribution in [0.25, 0.3) is 0 Å². The second kappa shape index (κ2) is 7.81. The van der Waals surface area contributed by atoms with Gasteiger partial charge in [0.2, 0.25) is 0 Å². The summed E-state index contributed by atoms with van der Waals surface area (Å²) in [5.74, 6) is -1.08. The number of quaternary nitrogens is 1. The Labute approximate surface area is 103 Å². The molecule has 96 valence electrons. The SMILES string of the molecule is CC(=O)[O-].C[N+](C)(CCO)Cc1ccccc1. The molecule has 0 saturated heterocycles. The van der Waals surface area contributed by atoms with Crippen LogP contribution in [-0.2, 0) is 11.3 Å². The number of aliphatic hydroxyl groups is 1. The van der Waals surface area contributed by atoms with Crippen LogP contribution < -0.4 is 5.11 Å². The van der Waals surface area contributed by atoms with Crippen molar-refractivity contribution in [2.24, 2.45) is 0 Å². The average Bonchev–Trinajstić information content (AvgIpc) is 2.17. The van der Waals surface area contributed by atoms with Crippen LogP contribution in [0.3, 0.4) is 0 Å². The number of likely N-dealkylation sites (N-methyl/N-ethyl adjacent to an activating group) is 1. The van der Waals surface area contributed by atoms with Crippen molar-refractivity contribution in [3.8, 4) is 0 Å². The van der Waals surface area contributed by atoms with Gasteiger partial charge >= 0.3 is 0 Å². The molecule has 0 bridgehead atoms. The first-order chi connectivity index (χ1) is 7.87. The van der Waals surface area contributed by atoms with Gasteiger partial charge in [-0.3, -0.25) is 0 Å². The molecule has 1 rings (SSSR count). The van der Waals surface area contributed by atoms with E-state index in [9.17, 15) is 0 Å². The number of aliphatic carboxylic acids is 1. The quantitative estimate of drug-likeness (QED) is 0.753. The Morgan fingerprint density at radius 3 is 2.18 bits per heavy atom. The molecule has 0 spiro atoms. The first-order valence-electron chi connectivity index (χ1n) is 5.52. The van der Waals surface area contributed by atoms with Crippen molar-refractivity contribution in [1.29, 1.82) is 0 Å². The normalized spacial score (nSPS) is 10.4. The van der Waals surface area contributed by atoms with Gasteiger partial charge in [-0.15, -0.1) is 0 Å². The van der Waals surface area contributed by atoms with Gasteiger partial charge in [0.05, 0.1) is 20.7 Å². The highest BCUT2D eigenvalue weighted by Gasteiger charge is 2.13. The molecule has 0 saturated carbocycles. The molecule has 0 atom stereocenters. The molecular formula is C13H21NO3. The van der Waals surface area contributed by atoms with Gasteiger partial charge in [-0.25, -0.2) is 0 Å². The Kier molecular flexibility index (Phi) is 7.18. The minimum absolute atomic E-state index is 0.250. The fraction of sp³-hybridized carbons (Fsp3) is 0.462. The Balaban J connectivity index is 0.000000557. The minimum atomic E-state index is -1.08. The maximum atomic E-state index is 8.89. The first-order valence-corrected chi connectivity index (χ1v) is 5.52. The van der Waals surface area contributed by atoms with Crippen molar-refractivity contribution in [1.82, 2.24) is 0 Å². The average molecular weight is 239 g/mol. The number of rotatable bonds is 4. The summed E-state index contributed by atoms with van der Waals surface area (Å²) in [7, 11) is 4.26. The molecule has 4 heteroatoms. The Morgan fingerprint density at radius 1 is 1.29 bits per heavy atom. The van der Waals surface area contributed by atoms with E-state index in [4.69, 9.17) is 15.0 Å². The van der Waals surface area contributed by atoms with E-state index in [0.717, 1.165) is 24.5 Å². The predicted molar refractivity (Wildman–Crippen MR) is 64.9 cm³/mol. The number of aliphatic hydroxyl groups excluding tert-OH is 1. The lowest BCUT2D eigenvalue weighted by Gasteiger charge is -2.28. The second-order valence-electron chi connectivity index (χ2n) is 4.52. The summed E-state index contributed by atoms with van der Waals surface area (Å²) in [6.45, 7) is 3.00. The van der Waals surface area contributed by atoms with E-state index in [-0.39, 0.29) is 6.61 Å². The molecule has 0 aliphatic rings. The van der Waals surface area contributed by atoms with Gasteiger partial charge in [-0.05, 0) is 6.92 Å². The zero-order chi connectivity index (χ0) is 13.3. The van der Waals surface area contributed by atoms with E-state index >= 15 is 0 Å². The summed E-state index contributed by atoms with van der Waals surface area (Å²) >= 11 is 0. The number of carbonyl (C=O) groups is 1. The van der Waals surface area contributed by atoms with E-state index < -0.39 is 5.97 Å². The van der Waals surface area contributed by atoms with E-state index in [1.165, 1.54) is 5.56 Å². The van der Waals surface area contributed by atoms with Crippen LogP contribution in [-0.4, -0.2) is 42.8 Å². The molecule has 0 radical (unpaired) electrons. The van der Waals surface area contributed by atoms with Crippen molar-refractivity contribution in [3.63, 3.8) is 0 Å². The Morgan fingerprint density at radius 2 is 1.76 bits per heavy atom. The predicted octanol–water partition coefficient (Wildman–Crippen LogP) is 0.0115. The highest BCUT2D eigenvalue weighted by atomic mass is 16.4. The van der Waals surface area contributed by atoms with Crippen molar-refractivity contribution < 1.29 is 19.5 Å². The minimum Gasteiger partial charge on any atom is -0.550 e. The highest BCUT2D eigenvalue weighted by Crippen LogP contribution is 2.07. The molecule has 0 fully saturated rings. The molecule has 0 aliphatic heterocycles. The fourth-order valence-corrected chi connectivity index (χ4v) is 1.43. The molecule has 0 amide bonds. The Bertz CT molecular complexity index is 319. The molecule has 4 nitrogen and oxygen atoms in total. The molecular weight excluding hydrogens is 218 g/mol. The van der Waals surface area contributed by atoms with Crippen LogP contribution in [0.5, 0.6) is 0 Å². The standard InChI is InChI=1S/C11H18NO.C2H4O2/c1-12(2,8-9-13)10-11-6-4-3-5-7-11;1-2(3)4/h3-7,13H,8-10H2,1-2H3;1H3,(H,3,4)/q+1;/p-1. The summed E-state index contributed by atoms with van der Waals surface area (Å²) in [6.07, 6.45) is 0. The maximum Gasteiger partial charge on any atom is 0.104 e. The number of carboxylic acid groups (broad SMARTS) is 1. The summed E-state index contributed by atoms with van der Waals surface area (Å²) in [4.78, 5) is 8.89. The maximum absolute atomic E-state index is 8.89. The van der Waals surface area contributed by atoms with E-state index in [0.29, 0.717) is 0 Å². The third-order valence-corrected chi connectivity index (χ3v) is 2.16. The van der Waals surface area contributed by atoms with Crippen LogP contribution in [0.1, 0.15) is 12.5 Å². The zero-order valence-electron chi connectivity index (χ0n) is 10.7. The number of carbonyl (C=O) groups excluding carboxylic acids is 1. The van der Waals surface area contributed by atoms with Gasteiger partial charge in [0.1, 0.15) is 13.1 Å². The fourth-order valence-electron chi connectivity index (χ4n) is 1.43. The molecule has 0 aliphatic carbocycles. The lowest BCUT2D eigenvalue weighted by Crippen LogP contribution is -2.40. The van der Waals surface area contributed by atoms with Crippen LogP contribution in [0.4, 0.5) is 0 Å². The number of hydrogen-bond donors (Lipinski definition) is 1. The first kappa shape index (κ1) is 15.6. The van der Waals surface area contributed by atoms with Crippen LogP contribution in [0.15, 0.2) is 30.3 Å². The number of hydrogen-bond acceptors (Lipinski definition) is 3. The highest BCUT2D eigenvalue weighted by molar-refractivity contribution is 5.60. The largest absolute Gasteiger partial charge is 0.550 e. The van der Waals surface area contributed by atoms with Gasteiger partial charge in [-0.2, -0.15) is 0 Å². The summed E-state index contributed by atoms with van der Waals surface area (Å²) < 4.78 is 0.834. The zero-order valence-corrected chi connectivity index (χ0v) is 10.7. The lowest BCUT2D eigenvalue weighted by atomic mass is 10.2. The Hall–Kier alpha value is -1.39. The van der Waals surface area contributed by atoms with Gasteiger partial charge in [0, 0.05) is 11.5 Å². The molecule has 1 aromatic carbocycles. The van der Waals surface area contributed by atoms with Gasteiger partial charge in [0.15, 0.2) is 0 Å². The molecule has 0 unspecified atom stereocenters. The van der Waals surface area contributed by atoms with Crippen molar-refractivity contribution in [3.05, 3.63) is 35.9 Å². The number of benzene rings is 1. The van der Waals surface area contributed by atoms with Crippen LogP contribution >= 0.6 is 0 Å². The van der Waals surface area contributed by atoms with Gasteiger partial charge in [0.25, 0.3) is 0 Å². The molecule has 1 N–H and O–H groups in total. The van der Waals surface area contributed by atoms with E-state index in [1.807, 2.05) is 18.2 Å².